The monoisotopic (exact) mass is 371 g/mol. The second kappa shape index (κ2) is 4.66. The Morgan fingerprint density at radius 1 is 1.28 bits per heavy atom. The van der Waals surface area contributed by atoms with Crippen LogP contribution in [0.1, 0.15) is 24.5 Å². The molecule has 1 aliphatic carbocycles. The highest BCUT2D eigenvalue weighted by atomic mass is 79.9. The van der Waals surface area contributed by atoms with Crippen molar-refractivity contribution in [2.45, 2.75) is 18.8 Å². The van der Waals surface area contributed by atoms with E-state index in [0.717, 1.165) is 16.0 Å². The molecule has 0 atom stereocenters. The molecular formula is C12H11Br2N3O. The minimum Gasteiger partial charge on any atom is -0.446 e. The van der Waals surface area contributed by atoms with Crippen molar-refractivity contribution in [2.75, 3.05) is 12.4 Å². The first-order valence-corrected chi connectivity index (χ1v) is 7.28. The van der Waals surface area contributed by atoms with E-state index in [4.69, 9.17) is 4.42 Å². The molecule has 4 nitrogen and oxygen atoms in total. The maximum atomic E-state index is 5.51. The zero-order chi connectivity index (χ0) is 12.7. The molecule has 0 amide bonds. The molecule has 3 rings (SSSR count). The first-order valence-electron chi connectivity index (χ1n) is 5.70. The molecule has 2 aromatic heterocycles. The minimum absolute atomic E-state index is 0.548. The van der Waals surface area contributed by atoms with E-state index in [1.807, 2.05) is 19.2 Å². The lowest BCUT2D eigenvalue weighted by Crippen LogP contribution is -2.02. The first-order chi connectivity index (χ1) is 8.69. The molecule has 0 bridgehead atoms. The second-order valence-corrected chi connectivity index (χ2v) is 5.80. The number of rotatable bonds is 3. The van der Waals surface area contributed by atoms with Gasteiger partial charge in [-0.25, -0.2) is 9.97 Å². The normalized spacial score (nSPS) is 14.8. The van der Waals surface area contributed by atoms with Crippen LogP contribution in [0.3, 0.4) is 0 Å². The Morgan fingerprint density at radius 3 is 2.61 bits per heavy atom. The summed E-state index contributed by atoms with van der Waals surface area (Å²) >= 11 is 6.86. The summed E-state index contributed by atoms with van der Waals surface area (Å²) in [5.41, 5.74) is 1.07. The van der Waals surface area contributed by atoms with E-state index in [0.29, 0.717) is 22.2 Å². The fourth-order valence-corrected chi connectivity index (χ4v) is 2.81. The molecule has 1 fully saturated rings. The standard InChI is InChI=1S/C12H11Br2N3O/c1-15-12-9(14)10(6-2-3-6)16-11(17-12)7-4-5-8(13)18-7/h4-6H,2-3H2,1H3,(H,15,16,17). The highest BCUT2D eigenvalue weighted by Crippen LogP contribution is 2.44. The van der Waals surface area contributed by atoms with Crippen molar-refractivity contribution in [3.05, 3.63) is 27.0 Å². The van der Waals surface area contributed by atoms with Crippen LogP contribution in [-0.2, 0) is 0 Å². The van der Waals surface area contributed by atoms with Crippen LogP contribution >= 0.6 is 31.9 Å². The van der Waals surface area contributed by atoms with Crippen LogP contribution in [0, 0.1) is 0 Å². The molecule has 1 aliphatic rings. The van der Waals surface area contributed by atoms with Crippen molar-refractivity contribution < 1.29 is 4.42 Å². The van der Waals surface area contributed by atoms with Crippen molar-refractivity contribution in [1.82, 2.24) is 9.97 Å². The van der Waals surface area contributed by atoms with Gasteiger partial charge in [0.25, 0.3) is 0 Å². The molecule has 1 saturated carbocycles. The Labute approximate surface area is 121 Å². The molecule has 0 saturated heterocycles. The number of halogens is 2. The smallest absolute Gasteiger partial charge is 0.197 e. The molecule has 6 heteroatoms. The second-order valence-electron chi connectivity index (χ2n) is 4.22. The molecule has 1 N–H and O–H groups in total. The Kier molecular flexibility index (Phi) is 3.15. The van der Waals surface area contributed by atoms with Gasteiger partial charge in [0.15, 0.2) is 16.3 Å². The van der Waals surface area contributed by atoms with Gasteiger partial charge >= 0.3 is 0 Å². The Hall–Kier alpha value is -0.880. The summed E-state index contributed by atoms with van der Waals surface area (Å²) in [4.78, 5) is 9.08. The SMILES string of the molecule is CNc1nc(-c2ccc(Br)o2)nc(C2CC2)c1Br. The van der Waals surface area contributed by atoms with Crippen LogP contribution in [0.15, 0.2) is 25.7 Å². The number of nitrogens with one attached hydrogen (secondary N) is 1. The fourth-order valence-electron chi connectivity index (χ4n) is 1.80. The molecule has 18 heavy (non-hydrogen) atoms. The van der Waals surface area contributed by atoms with E-state index in [-0.39, 0.29) is 0 Å². The van der Waals surface area contributed by atoms with Gasteiger partial charge in [0.05, 0.1) is 10.2 Å². The predicted molar refractivity (Wildman–Crippen MR) is 76.7 cm³/mol. The van der Waals surface area contributed by atoms with Gasteiger partial charge in [0.1, 0.15) is 5.82 Å². The number of hydrogen-bond acceptors (Lipinski definition) is 4. The zero-order valence-corrected chi connectivity index (χ0v) is 12.9. The lowest BCUT2D eigenvalue weighted by atomic mass is 10.2. The van der Waals surface area contributed by atoms with E-state index < -0.39 is 0 Å². The van der Waals surface area contributed by atoms with Crippen molar-refractivity contribution >= 4 is 37.7 Å². The van der Waals surface area contributed by atoms with E-state index in [1.165, 1.54) is 12.8 Å². The largest absolute Gasteiger partial charge is 0.446 e. The van der Waals surface area contributed by atoms with Gasteiger partial charge in [-0.2, -0.15) is 0 Å². The van der Waals surface area contributed by atoms with E-state index in [2.05, 4.69) is 47.1 Å². The average Bonchev–Trinajstić information content (AvgIpc) is 3.12. The number of anilines is 1. The number of nitrogens with zero attached hydrogens (tertiary/aromatic N) is 2. The highest BCUT2D eigenvalue weighted by molar-refractivity contribution is 9.10. The van der Waals surface area contributed by atoms with Crippen LogP contribution in [0.5, 0.6) is 0 Å². The molecule has 0 aromatic carbocycles. The third-order valence-corrected chi connectivity index (χ3v) is 4.08. The minimum atomic E-state index is 0.548. The molecule has 0 radical (unpaired) electrons. The Morgan fingerprint density at radius 2 is 2.06 bits per heavy atom. The van der Waals surface area contributed by atoms with Crippen molar-refractivity contribution in [3.8, 4) is 11.6 Å². The van der Waals surface area contributed by atoms with E-state index in [1.54, 1.807) is 0 Å². The predicted octanol–water partition coefficient (Wildman–Crippen LogP) is 4.18. The lowest BCUT2D eigenvalue weighted by molar-refractivity contribution is 0.551. The Bertz CT molecular complexity index is 593. The van der Waals surface area contributed by atoms with Gasteiger partial charge in [-0.05, 0) is 56.8 Å². The summed E-state index contributed by atoms with van der Waals surface area (Å²) in [5, 5.41) is 3.08. The maximum Gasteiger partial charge on any atom is 0.197 e. The lowest BCUT2D eigenvalue weighted by Gasteiger charge is -2.09. The van der Waals surface area contributed by atoms with Gasteiger partial charge in [0.2, 0.25) is 0 Å². The third-order valence-electron chi connectivity index (χ3n) is 2.87. The average molecular weight is 373 g/mol. The summed E-state index contributed by atoms with van der Waals surface area (Å²) in [6.45, 7) is 0. The maximum absolute atomic E-state index is 5.51. The van der Waals surface area contributed by atoms with Gasteiger partial charge in [-0.15, -0.1) is 0 Å². The van der Waals surface area contributed by atoms with Crippen LogP contribution in [0.2, 0.25) is 0 Å². The molecule has 0 spiro atoms. The number of furan rings is 1. The number of aromatic nitrogens is 2. The van der Waals surface area contributed by atoms with Crippen molar-refractivity contribution in [2.24, 2.45) is 0 Å². The summed E-state index contributed by atoms with van der Waals surface area (Å²) in [5.74, 6) is 2.64. The van der Waals surface area contributed by atoms with Crippen LogP contribution in [0.4, 0.5) is 5.82 Å². The summed E-state index contributed by atoms with van der Waals surface area (Å²) in [6.07, 6.45) is 2.39. The molecule has 0 unspecified atom stereocenters. The Balaban J connectivity index is 2.12. The van der Waals surface area contributed by atoms with Crippen LogP contribution < -0.4 is 5.32 Å². The summed E-state index contributed by atoms with van der Waals surface area (Å²) in [7, 11) is 1.85. The first kappa shape index (κ1) is 12.2. The third kappa shape index (κ3) is 2.19. The molecule has 0 aliphatic heterocycles. The van der Waals surface area contributed by atoms with Crippen LogP contribution in [-0.4, -0.2) is 17.0 Å². The van der Waals surface area contributed by atoms with E-state index >= 15 is 0 Å². The quantitative estimate of drug-likeness (QED) is 0.877. The number of hydrogen-bond donors (Lipinski definition) is 1. The van der Waals surface area contributed by atoms with Gasteiger partial charge in [-0.3, -0.25) is 0 Å². The van der Waals surface area contributed by atoms with Crippen molar-refractivity contribution in [1.29, 1.82) is 0 Å². The highest BCUT2D eigenvalue weighted by Gasteiger charge is 2.29. The topological polar surface area (TPSA) is 51.0 Å². The molecule has 2 aromatic rings. The fraction of sp³-hybridized carbons (Fsp3) is 0.333. The van der Waals surface area contributed by atoms with Gasteiger partial charge in [-0.1, -0.05) is 0 Å². The molecular weight excluding hydrogens is 362 g/mol. The summed E-state index contributed by atoms with van der Waals surface area (Å²) < 4.78 is 7.16. The zero-order valence-electron chi connectivity index (χ0n) is 9.70. The molecule has 94 valence electrons. The molecule has 2 heterocycles. The van der Waals surface area contributed by atoms with Crippen LogP contribution in [0.25, 0.3) is 11.6 Å². The van der Waals surface area contributed by atoms with E-state index in [9.17, 15) is 0 Å². The van der Waals surface area contributed by atoms with Crippen molar-refractivity contribution in [3.63, 3.8) is 0 Å². The van der Waals surface area contributed by atoms with Gasteiger partial charge < -0.3 is 9.73 Å². The summed E-state index contributed by atoms with van der Waals surface area (Å²) in [6, 6.07) is 3.71. The van der Waals surface area contributed by atoms with Gasteiger partial charge in [0, 0.05) is 13.0 Å².